The van der Waals surface area contributed by atoms with Crippen LogP contribution in [0.5, 0.6) is 17.2 Å². The quantitative estimate of drug-likeness (QED) is 0.723. The van der Waals surface area contributed by atoms with Crippen LogP contribution < -0.4 is 0 Å². The monoisotopic (exact) mass is 244 g/mol. The molecule has 0 aliphatic carbocycles. The molecule has 4 nitrogen and oxygen atoms in total. The number of hydrogen-bond donors (Lipinski definition) is 3. The molecule has 2 aromatic rings. The smallest absolute Gasteiger partial charge is 0.167 e. The van der Waals surface area contributed by atoms with E-state index in [1.54, 1.807) is 0 Å². The number of Topliss-reactive ketones (excluding diaryl/α,β-unsaturated/α-hetero) is 1. The summed E-state index contributed by atoms with van der Waals surface area (Å²) in [6.45, 7) is 0. The van der Waals surface area contributed by atoms with Crippen molar-refractivity contribution in [3.63, 3.8) is 0 Å². The molecule has 0 amide bonds. The third-order valence-electron chi connectivity index (χ3n) is 2.52. The fourth-order valence-corrected chi connectivity index (χ4v) is 1.69. The molecule has 0 unspecified atom stereocenters. The molecule has 0 radical (unpaired) electrons. The van der Waals surface area contributed by atoms with E-state index in [-0.39, 0.29) is 29.5 Å². The van der Waals surface area contributed by atoms with Gasteiger partial charge in [-0.15, -0.1) is 0 Å². The molecule has 4 heteroatoms. The summed E-state index contributed by atoms with van der Waals surface area (Å²) in [6, 6.07) is 9.99. The van der Waals surface area contributed by atoms with Crippen molar-refractivity contribution < 1.29 is 20.1 Å². The molecule has 18 heavy (non-hydrogen) atoms. The Hall–Kier alpha value is -2.49. The summed E-state index contributed by atoms with van der Waals surface area (Å²) in [5.74, 6) is -0.214. The van der Waals surface area contributed by atoms with E-state index in [1.165, 1.54) is 42.5 Å². The zero-order valence-electron chi connectivity index (χ0n) is 9.50. The summed E-state index contributed by atoms with van der Waals surface area (Å²) in [6.07, 6.45) is 0.0761. The molecule has 2 rings (SSSR count). The lowest BCUT2D eigenvalue weighted by atomic mass is 10.0. The van der Waals surface area contributed by atoms with Gasteiger partial charge in [0.25, 0.3) is 0 Å². The zero-order chi connectivity index (χ0) is 13.1. The fourth-order valence-electron chi connectivity index (χ4n) is 1.69. The molecule has 0 spiro atoms. The molecule has 0 aliphatic rings. The first-order valence-electron chi connectivity index (χ1n) is 5.39. The summed E-state index contributed by atoms with van der Waals surface area (Å²) in [5.41, 5.74) is 1.00. The Balaban J connectivity index is 2.18. The number of phenols is 3. The number of carbonyl (C=O) groups excluding carboxylic acids is 1. The Morgan fingerprint density at radius 1 is 0.833 bits per heavy atom. The summed E-state index contributed by atoms with van der Waals surface area (Å²) >= 11 is 0. The Morgan fingerprint density at radius 2 is 1.39 bits per heavy atom. The predicted molar refractivity (Wildman–Crippen MR) is 65.9 cm³/mol. The molecule has 2 aromatic carbocycles. The Labute approximate surface area is 104 Å². The van der Waals surface area contributed by atoms with E-state index in [2.05, 4.69) is 0 Å². The van der Waals surface area contributed by atoms with Gasteiger partial charge in [0.05, 0.1) is 0 Å². The highest BCUT2D eigenvalue weighted by molar-refractivity contribution is 5.97. The summed E-state index contributed by atoms with van der Waals surface area (Å²) in [5, 5.41) is 27.7. The van der Waals surface area contributed by atoms with E-state index in [4.69, 9.17) is 5.11 Å². The van der Waals surface area contributed by atoms with Crippen molar-refractivity contribution in [3.05, 3.63) is 53.6 Å². The van der Waals surface area contributed by atoms with E-state index in [0.29, 0.717) is 11.1 Å². The second-order valence-electron chi connectivity index (χ2n) is 4.00. The van der Waals surface area contributed by atoms with Gasteiger partial charge in [0, 0.05) is 18.1 Å². The highest BCUT2D eigenvalue weighted by Gasteiger charge is 2.08. The van der Waals surface area contributed by atoms with Crippen molar-refractivity contribution >= 4 is 5.78 Å². The van der Waals surface area contributed by atoms with Gasteiger partial charge >= 0.3 is 0 Å². The van der Waals surface area contributed by atoms with Gasteiger partial charge in [0.1, 0.15) is 17.2 Å². The molecule has 92 valence electrons. The van der Waals surface area contributed by atoms with E-state index < -0.39 is 0 Å². The lowest BCUT2D eigenvalue weighted by Crippen LogP contribution is -2.03. The second-order valence-corrected chi connectivity index (χ2v) is 4.00. The molecule has 0 fully saturated rings. The molecular weight excluding hydrogens is 232 g/mol. The van der Waals surface area contributed by atoms with Crippen molar-refractivity contribution in [2.75, 3.05) is 0 Å². The predicted octanol–water partition coefficient (Wildman–Crippen LogP) is 2.23. The highest BCUT2D eigenvalue weighted by atomic mass is 16.3. The second kappa shape index (κ2) is 4.79. The number of hydrogen-bond acceptors (Lipinski definition) is 4. The molecule has 0 saturated heterocycles. The minimum atomic E-state index is -0.153. The van der Waals surface area contributed by atoms with Crippen LogP contribution in [0.15, 0.2) is 42.5 Å². The van der Waals surface area contributed by atoms with E-state index in [1.807, 2.05) is 0 Å². The number of benzene rings is 2. The molecule has 0 heterocycles. The van der Waals surface area contributed by atoms with Gasteiger partial charge in [-0.05, 0) is 42.0 Å². The van der Waals surface area contributed by atoms with Crippen molar-refractivity contribution in [1.82, 2.24) is 0 Å². The van der Waals surface area contributed by atoms with Crippen molar-refractivity contribution in [3.8, 4) is 17.2 Å². The minimum Gasteiger partial charge on any atom is -0.508 e. The summed E-state index contributed by atoms with van der Waals surface area (Å²) in [4.78, 5) is 11.9. The third kappa shape index (κ3) is 2.79. The Bertz CT molecular complexity index is 553. The Kier molecular flexibility index (Phi) is 3.19. The molecular formula is C14H12O4. The average Bonchev–Trinajstić information content (AvgIpc) is 2.28. The van der Waals surface area contributed by atoms with Crippen LogP contribution in [0, 0.1) is 0 Å². The number of aromatic hydroxyl groups is 3. The molecule has 0 bridgehead atoms. The maximum Gasteiger partial charge on any atom is 0.167 e. The van der Waals surface area contributed by atoms with Gasteiger partial charge in [-0.3, -0.25) is 4.79 Å². The molecule has 0 aliphatic heterocycles. The fraction of sp³-hybridized carbons (Fsp3) is 0.0714. The van der Waals surface area contributed by atoms with E-state index >= 15 is 0 Å². The lowest BCUT2D eigenvalue weighted by molar-refractivity contribution is 0.0993. The van der Waals surface area contributed by atoms with Crippen LogP contribution >= 0.6 is 0 Å². The average molecular weight is 244 g/mol. The van der Waals surface area contributed by atoms with Crippen LogP contribution in [0.4, 0.5) is 0 Å². The van der Waals surface area contributed by atoms with Crippen molar-refractivity contribution in [2.24, 2.45) is 0 Å². The molecule has 3 N–H and O–H groups in total. The maximum absolute atomic E-state index is 11.9. The SMILES string of the molecule is O=C(Cc1cc(O)cc(O)c1)c1ccc(O)cc1. The molecule has 0 atom stereocenters. The standard InChI is InChI=1S/C14H12O4/c15-11-3-1-10(2-4-11)14(18)7-9-5-12(16)8-13(17)6-9/h1-6,8,15-17H,7H2. The minimum absolute atomic E-state index is 0.0761. The number of ketones is 1. The normalized spacial score (nSPS) is 10.2. The van der Waals surface area contributed by atoms with Crippen LogP contribution in [0.2, 0.25) is 0 Å². The van der Waals surface area contributed by atoms with Gasteiger partial charge < -0.3 is 15.3 Å². The number of phenolic OH excluding ortho intramolecular Hbond substituents is 3. The Morgan fingerprint density at radius 3 is 1.94 bits per heavy atom. The first-order valence-corrected chi connectivity index (χ1v) is 5.39. The van der Waals surface area contributed by atoms with Gasteiger partial charge in [0.2, 0.25) is 0 Å². The van der Waals surface area contributed by atoms with E-state index in [0.717, 1.165) is 0 Å². The van der Waals surface area contributed by atoms with Gasteiger partial charge in [-0.25, -0.2) is 0 Å². The van der Waals surface area contributed by atoms with Crippen LogP contribution in [0.25, 0.3) is 0 Å². The summed E-state index contributed by atoms with van der Waals surface area (Å²) in [7, 11) is 0. The first-order chi connectivity index (χ1) is 8.54. The van der Waals surface area contributed by atoms with Crippen molar-refractivity contribution in [1.29, 1.82) is 0 Å². The first kappa shape index (κ1) is 12.0. The number of carbonyl (C=O) groups is 1. The summed E-state index contributed by atoms with van der Waals surface area (Å²) < 4.78 is 0. The topological polar surface area (TPSA) is 77.8 Å². The lowest BCUT2D eigenvalue weighted by Gasteiger charge is -2.03. The largest absolute Gasteiger partial charge is 0.508 e. The van der Waals surface area contributed by atoms with Crippen LogP contribution in [0.3, 0.4) is 0 Å². The van der Waals surface area contributed by atoms with Gasteiger partial charge in [-0.2, -0.15) is 0 Å². The van der Waals surface area contributed by atoms with Crippen LogP contribution in [-0.2, 0) is 6.42 Å². The highest BCUT2D eigenvalue weighted by Crippen LogP contribution is 2.21. The number of rotatable bonds is 3. The van der Waals surface area contributed by atoms with Gasteiger partial charge in [0.15, 0.2) is 5.78 Å². The maximum atomic E-state index is 11.9. The van der Waals surface area contributed by atoms with Crippen LogP contribution in [0.1, 0.15) is 15.9 Å². The zero-order valence-corrected chi connectivity index (χ0v) is 9.50. The third-order valence-corrected chi connectivity index (χ3v) is 2.52. The van der Waals surface area contributed by atoms with Crippen molar-refractivity contribution in [2.45, 2.75) is 6.42 Å². The molecule has 0 saturated carbocycles. The van der Waals surface area contributed by atoms with E-state index in [9.17, 15) is 15.0 Å². The van der Waals surface area contributed by atoms with Crippen LogP contribution in [-0.4, -0.2) is 21.1 Å². The molecule has 0 aromatic heterocycles. The van der Waals surface area contributed by atoms with Gasteiger partial charge in [-0.1, -0.05) is 0 Å².